The van der Waals surface area contributed by atoms with Gasteiger partial charge in [0.05, 0.1) is 39.9 Å². The molecule has 0 spiro atoms. The first-order valence-electron chi connectivity index (χ1n) is 13.2. The number of carbonyl (C=O) groups is 6. The fourth-order valence-corrected chi connectivity index (χ4v) is 3.83. The average molecular weight is 564 g/mol. The van der Waals surface area contributed by atoms with Gasteiger partial charge in [-0.3, -0.25) is 24.0 Å². The number of aldehydes is 1. The third kappa shape index (κ3) is 11.4. The number of carbonyl (C=O) groups excluding carboxylic acids is 6. The Balaban J connectivity index is 1.80. The van der Waals surface area contributed by atoms with Gasteiger partial charge in [0.15, 0.2) is 6.29 Å². The number of benzene rings is 1. The van der Waals surface area contributed by atoms with Crippen LogP contribution >= 0.6 is 0 Å². The fraction of sp³-hybridized carbons (Fsp3) is 0.556. The first-order chi connectivity index (χ1) is 18.9. The van der Waals surface area contributed by atoms with Crippen molar-refractivity contribution in [3.05, 3.63) is 23.8 Å². The number of phenols is 1. The normalized spacial score (nSPS) is 14.0. The molecule has 0 aromatic heterocycles. The molecule has 0 aliphatic carbocycles. The van der Waals surface area contributed by atoms with Crippen LogP contribution in [0, 0.1) is 0 Å². The molecule has 0 unspecified atom stereocenters. The number of hydroxylamine groups is 2. The van der Waals surface area contributed by atoms with Crippen molar-refractivity contribution in [1.29, 1.82) is 0 Å². The van der Waals surface area contributed by atoms with Gasteiger partial charge in [-0.25, -0.2) is 4.79 Å². The maximum absolute atomic E-state index is 12.8. The van der Waals surface area contributed by atoms with Crippen molar-refractivity contribution in [1.82, 2.24) is 15.7 Å². The number of nitrogens with zero attached hydrogens (tertiary/aromatic N) is 2. The van der Waals surface area contributed by atoms with E-state index in [1.807, 2.05) is 0 Å². The number of unbranched alkanes of at least 4 members (excludes halogenated alkanes) is 2. The SMILES string of the molecule is C[N+](C)(C)CCCC[C@H](NC(=O)CCCCOc1ccc(C=O)c(O)c1)C(=O)NCC(=O)ON1C(=O)CCC1=O. The van der Waals surface area contributed by atoms with E-state index >= 15 is 0 Å². The highest BCUT2D eigenvalue weighted by Crippen LogP contribution is 2.22. The molecule has 0 saturated carbocycles. The lowest BCUT2D eigenvalue weighted by molar-refractivity contribution is -0.870. The summed E-state index contributed by atoms with van der Waals surface area (Å²) in [6, 6.07) is 3.48. The minimum Gasteiger partial charge on any atom is -0.507 e. The zero-order valence-corrected chi connectivity index (χ0v) is 23.3. The summed E-state index contributed by atoms with van der Waals surface area (Å²) in [6.45, 7) is 0.594. The van der Waals surface area contributed by atoms with Crippen LogP contribution in [0.2, 0.25) is 0 Å². The molecule has 3 N–H and O–H groups in total. The molecule has 220 valence electrons. The molecule has 1 heterocycles. The van der Waals surface area contributed by atoms with Gasteiger partial charge in [0.1, 0.15) is 24.1 Å². The number of aromatic hydroxyl groups is 1. The Hall–Kier alpha value is -4.00. The van der Waals surface area contributed by atoms with Crippen molar-refractivity contribution >= 4 is 35.9 Å². The van der Waals surface area contributed by atoms with Gasteiger partial charge in [-0.1, -0.05) is 0 Å². The van der Waals surface area contributed by atoms with Crippen molar-refractivity contribution in [3.63, 3.8) is 0 Å². The van der Waals surface area contributed by atoms with Gasteiger partial charge in [-0.2, -0.15) is 0 Å². The number of imide groups is 1. The lowest BCUT2D eigenvalue weighted by Crippen LogP contribution is -2.48. The lowest BCUT2D eigenvalue weighted by atomic mass is 10.1. The molecule has 1 aromatic carbocycles. The van der Waals surface area contributed by atoms with E-state index in [4.69, 9.17) is 9.57 Å². The minimum absolute atomic E-state index is 0.0376. The largest absolute Gasteiger partial charge is 0.507 e. The Kier molecular flexibility index (Phi) is 12.5. The zero-order chi connectivity index (χ0) is 29.7. The minimum atomic E-state index is -0.971. The van der Waals surface area contributed by atoms with Gasteiger partial charge in [0.2, 0.25) is 11.8 Å². The first-order valence-corrected chi connectivity index (χ1v) is 13.2. The van der Waals surface area contributed by atoms with Crippen LogP contribution in [0.5, 0.6) is 11.5 Å². The summed E-state index contributed by atoms with van der Waals surface area (Å²) < 4.78 is 6.29. The summed E-state index contributed by atoms with van der Waals surface area (Å²) in [5.41, 5.74) is 0.161. The molecule has 40 heavy (non-hydrogen) atoms. The molecule has 1 atom stereocenters. The van der Waals surface area contributed by atoms with E-state index in [0.29, 0.717) is 42.8 Å². The number of ether oxygens (including phenoxy) is 1. The van der Waals surface area contributed by atoms with Crippen LogP contribution in [-0.4, -0.2) is 97.4 Å². The number of nitrogens with one attached hydrogen (secondary N) is 2. The third-order valence-corrected chi connectivity index (χ3v) is 6.03. The molecule has 1 fully saturated rings. The predicted octanol–water partition coefficient (Wildman–Crippen LogP) is 0.839. The van der Waals surface area contributed by atoms with Gasteiger partial charge in [0, 0.05) is 25.3 Å². The molecule has 1 aliphatic rings. The van der Waals surface area contributed by atoms with Gasteiger partial charge >= 0.3 is 5.97 Å². The molecule has 1 aliphatic heterocycles. The van der Waals surface area contributed by atoms with Gasteiger partial charge < -0.3 is 29.8 Å². The fourth-order valence-electron chi connectivity index (χ4n) is 3.83. The second kappa shape index (κ2) is 15.6. The molecule has 4 amide bonds. The van der Waals surface area contributed by atoms with Crippen LogP contribution in [0.3, 0.4) is 0 Å². The third-order valence-electron chi connectivity index (χ3n) is 6.03. The Morgan fingerprint density at radius 2 is 1.77 bits per heavy atom. The van der Waals surface area contributed by atoms with Crippen LogP contribution in [0.4, 0.5) is 0 Å². The number of quaternary nitrogens is 1. The van der Waals surface area contributed by atoms with Crippen molar-refractivity contribution in [2.24, 2.45) is 0 Å². The van der Waals surface area contributed by atoms with E-state index in [2.05, 4.69) is 31.8 Å². The number of rotatable bonds is 17. The lowest BCUT2D eigenvalue weighted by Gasteiger charge is -2.24. The Labute approximate surface area is 233 Å². The van der Waals surface area contributed by atoms with E-state index in [9.17, 15) is 33.9 Å². The van der Waals surface area contributed by atoms with E-state index in [-0.39, 0.29) is 43.1 Å². The summed E-state index contributed by atoms with van der Waals surface area (Å²) in [7, 11) is 6.17. The van der Waals surface area contributed by atoms with Gasteiger partial charge in [-0.05, 0) is 44.2 Å². The molecular weight excluding hydrogens is 524 g/mol. The van der Waals surface area contributed by atoms with Crippen molar-refractivity contribution in [2.75, 3.05) is 40.8 Å². The Morgan fingerprint density at radius 1 is 1.07 bits per heavy atom. The zero-order valence-electron chi connectivity index (χ0n) is 23.3. The van der Waals surface area contributed by atoms with E-state index < -0.39 is 36.3 Å². The van der Waals surface area contributed by atoms with E-state index in [0.717, 1.165) is 17.4 Å². The molecule has 0 radical (unpaired) electrons. The van der Waals surface area contributed by atoms with Crippen molar-refractivity contribution in [3.8, 4) is 11.5 Å². The molecule has 1 aromatic rings. The highest BCUT2D eigenvalue weighted by atomic mass is 16.7. The van der Waals surface area contributed by atoms with Gasteiger partial charge in [-0.15, -0.1) is 5.06 Å². The number of amides is 4. The summed E-state index contributed by atoms with van der Waals surface area (Å²) in [5.74, 6) is -2.90. The number of phenolic OH excluding ortho intramolecular Hbond substituents is 1. The second-order valence-electron chi connectivity index (χ2n) is 10.5. The van der Waals surface area contributed by atoms with E-state index in [1.54, 1.807) is 6.07 Å². The highest BCUT2D eigenvalue weighted by Gasteiger charge is 2.33. The quantitative estimate of drug-likeness (QED) is 0.108. The second-order valence-corrected chi connectivity index (χ2v) is 10.5. The highest BCUT2D eigenvalue weighted by molar-refractivity contribution is 6.01. The van der Waals surface area contributed by atoms with Crippen molar-refractivity contribution < 1.29 is 47.9 Å². The standard InChI is InChI=1S/C27H38N4O9/c1-31(2,3)14-6-4-8-21(27(38)28-17-26(37)40-30-24(35)12-13-25(30)36)29-23(34)9-5-7-15-39-20-11-10-19(18-32)22(33)16-20/h10-11,16,18,21H,4-9,12-15,17H2,1-3H3,(H2-,28,29,32,33,34,38)/p+1/t21-/m0/s1. The summed E-state index contributed by atoms with van der Waals surface area (Å²) in [6.07, 6.45) is 3.47. The number of hydrogen-bond acceptors (Lipinski definition) is 9. The molecule has 13 heteroatoms. The van der Waals surface area contributed by atoms with E-state index in [1.165, 1.54) is 12.1 Å². The first kappa shape index (κ1) is 32.2. The molecule has 13 nitrogen and oxygen atoms in total. The van der Waals surface area contributed by atoms with Crippen LogP contribution in [0.1, 0.15) is 61.7 Å². The molecule has 2 rings (SSSR count). The Bertz CT molecular complexity index is 1070. The maximum Gasteiger partial charge on any atom is 0.352 e. The number of hydrogen-bond donors (Lipinski definition) is 3. The van der Waals surface area contributed by atoms with Crippen LogP contribution < -0.4 is 15.4 Å². The maximum atomic E-state index is 12.8. The van der Waals surface area contributed by atoms with Crippen LogP contribution in [-0.2, 0) is 28.8 Å². The summed E-state index contributed by atoms with van der Waals surface area (Å²) in [4.78, 5) is 76.2. The molecule has 0 bridgehead atoms. The monoisotopic (exact) mass is 563 g/mol. The predicted molar refractivity (Wildman–Crippen MR) is 142 cm³/mol. The Morgan fingerprint density at radius 3 is 2.40 bits per heavy atom. The average Bonchev–Trinajstić information content (AvgIpc) is 3.20. The molecule has 1 saturated heterocycles. The smallest absolute Gasteiger partial charge is 0.352 e. The summed E-state index contributed by atoms with van der Waals surface area (Å²) >= 11 is 0. The summed E-state index contributed by atoms with van der Waals surface area (Å²) in [5, 5.41) is 15.3. The van der Waals surface area contributed by atoms with Crippen LogP contribution in [0.15, 0.2) is 18.2 Å². The van der Waals surface area contributed by atoms with Crippen molar-refractivity contribution in [2.45, 2.75) is 57.4 Å². The molecular formula is C27H39N4O9+. The van der Waals surface area contributed by atoms with Crippen LogP contribution in [0.25, 0.3) is 0 Å². The van der Waals surface area contributed by atoms with Gasteiger partial charge in [0.25, 0.3) is 11.8 Å². The topological polar surface area (TPSA) is 168 Å².